The molecule has 2 N–H and O–H groups in total. The van der Waals surface area contributed by atoms with E-state index in [2.05, 4.69) is 30.6 Å². The second-order valence-corrected chi connectivity index (χ2v) is 3.87. The first-order chi connectivity index (χ1) is 6.52. The van der Waals surface area contributed by atoms with Crippen LogP contribution < -0.4 is 5.32 Å². The molecule has 0 saturated carbocycles. The predicted molar refractivity (Wildman–Crippen MR) is 61.1 cm³/mol. The summed E-state index contributed by atoms with van der Waals surface area (Å²) in [4.78, 5) is 21.9. The quantitative estimate of drug-likeness (QED) is 0.511. The summed E-state index contributed by atoms with van der Waals surface area (Å²) in [6.07, 6.45) is 1.47. The zero-order valence-corrected chi connectivity index (χ0v) is 9.72. The summed E-state index contributed by atoms with van der Waals surface area (Å²) in [5.74, 6) is -1.35. The Balaban J connectivity index is 4.08. The first-order valence-electron chi connectivity index (χ1n) is 4.35. The molecule has 14 heavy (non-hydrogen) atoms. The van der Waals surface area contributed by atoms with E-state index < -0.39 is 17.3 Å². The largest absolute Gasteiger partial charge is 0.480 e. The van der Waals surface area contributed by atoms with E-state index in [9.17, 15) is 9.59 Å². The Morgan fingerprint density at radius 3 is 2.43 bits per heavy atom. The fourth-order valence-electron chi connectivity index (χ4n) is 0.858. The number of nitrogens with one attached hydrogen (secondary N) is 1. The molecule has 1 amide bonds. The van der Waals surface area contributed by atoms with E-state index >= 15 is 0 Å². The minimum absolute atomic E-state index is 0.0771. The zero-order chi connectivity index (χ0) is 11.1. The molecule has 6 heteroatoms. The molecule has 2 atom stereocenters. The summed E-state index contributed by atoms with van der Waals surface area (Å²) in [6, 6.07) is -0.933. The molecule has 0 rings (SSSR count). The van der Waals surface area contributed by atoms with Crippen LogP contribution in [-0.2, 0) is 9.59 Å². The second kappa shape index (κ2) is 7.00. The van der Waals surface area contributed by atoms with Crippen molar-refractivity contribution < 1.29 is 14.7 Å². The summed E-state index contributed by atoms with van der Waals surface area (Å²) in [6.45, 7) is 1.93. The number of carboxylic acids is 1. The van der Waals surface area contributed by atoms with Crippen molar-refractivity contribution in [3.8, 4) is 0 Å². The molecule has 82 valence electrons. The lowest BCUT2D eigenvalue weighted by molar-refractivity contribution is -0.141. The van der Waals surface area contributed by atoms with Gasteiger partial charge in [-0.3, -0.25) is 4.79 Å². The lowest BCUT2D eigenvalue weighted by atomic mass is 10.2. The van der Waals surface area contributed by atoms with Crippen molar-refractivity contribution >= 4 is 37.1 Å². The smallest absolute Gasteiger partial charge is 0.327 e. The maximum absolute atomic E-state index is 11.3. The minimum atomic E-state index is -1.08. The number of hydrogen-bond donors (Lipinski definition) is 4. The number of rotatable bonds is 6. The summed E-state index contributed by atoms with van der Waals surface area (Å²) in [5.41, 5.74) is 0. The highest BCUT2D eigenvalue weighted by atomic mass is 32.1. The van der Waals surface area contributed by atoms with Crippen molar-refractivity contribution in [2.45, 2.75) is 31.1 Å². The molecule has 0 spiro atoms. The van der Waals surface area contributed by atoms with Crippen LogP contribution in [0.15, 0.2) is 0 Å². The molecular formula is C8H15NO3S2. The Hall–Kier alpha value is -0.360. The fraction of sp³-hybridized carbons (Fsp3) is 0.750. The van der Waals surface area contributed by atoms with Gasteiger partial charge in [0.15, 0.2) is 0 Å². The van der Waals surface area contributed by atoms with Crippen molar-refractivity contribution in [1.29, 1.82) is 0 Å². The molecule has 0 aromatic carbocycles. The molecule has 0 heterocycles. The summed E-state index contributed by atoms with van der Waals surface area (Å²) < 4.78 is 0. The maximum atomic E-state index is 11.3. The van der Waals surface area contributed by atoms with Crippen LogP contribution in [0.25, 0.3) is 0 Å². The molecular weight excluding hydrogens is 222 g/mol. The van der Waals surface area contributed by atoms with E-state index in [-0.39, 0.29) is 11.7 Å². The zero-order valence-electron chi connectivity index (χ0n) is 7.93. The molecule has 0 fully saturated rings. The molecule has 0 aromatic rings. The average molecular weight is 237 g/mol. The number of thiol groups is 2. The first kappa shape index (κ1) is 13.6. The lowest BCUT2D eigenvalue weighted by Crippen LogP contribution is -2.45. The van der Waals surface area contributed by atoms with Crippen LogP contribution in [0.3, 0.4) is 0 Å². The summed E-state index contributed by atoms with van der Waals surface area (Å²) in [5, 5.41) is 10.6. The molecule has 1 unspecified atom stereocenters. The van der Waals surface area contributed by atoms with Gasteiger partial charge in [-0.05, 0) is 6.42 Å². The van der Waals surface area contributed by atoms with Crippen molar-refractivity contribution in [3.05, 3.63) is 0 Å². The Labute approximate surface area is 94.3 Å². The topological polar surface area (TPSA) is 66.4 Å². The van der Waals surface area contributed by atoms with Crippen LogP contribution in [0.4, 0.5) is 0 Å². The van der Waals surface area contributed by atoms with E-state index in [1.165, 1.54) is 0 Å². The van der Waals surface area contributed by atoms with Crippen LogP contribution in [0.1, 0.15) is 19.8 Å². The van der Waals surface area contributed by atoms with Crippen LogP contribution in [-0.4, -0.2) is 34.0 Å². The van der Waals surface area contributed by atoms with E-state index in [1.807, 2.05) is 6.92 Å². The van der Waals surface area contributed by atoms with Gasteiger partial charge in [-0.25, -0.2) is 4.79 Å². The molecule has 0 bridgehead atoms. The highest BCUT2D eigenvalue weighted by molar-refractivity contribution is 7.81. The minimum Gasteiger partial charge on any atom is -0.480 e. The Bertz CT molecular complexity index is 211. The van der Waals surface area contributed by atoms with Crippen LogP contribution >= 0.6 is 25.3 Å². The number of aliphatic carboxylic acids is 1. The maximum Gasteiger partial charge on any atom is 0.327 e. The van der Waals surface area contributed by atoms with Crippen molar-refractivity contribution in [2.24, 2.45) is 0 Å². The monoisotopic (exact) mass is 237 g/mol. The lowest BCUT2D eigenvalue weighted by Gasteiger charge is -2.15. The molecule has 0 aliphatic carbocycles. The van der Waals surface area contributed by atoms with Gasteiger partial charge >= 0.3 is 5.97 Å². The van der Waals surface area contributed by atoms with Crippen molar-refractivity contribution in [3.63, 3.8) is 0 Å². The number of carboxylic acid groups (broad SMARTS) is 1. The number of carbonyl (C=O) groups is 2. The number of hydrogen-bond acceptors (Lipinski definition) is 4. The average Bonchev–Trinajstić information content (AvgIpc) is 2.13. The van der Waals surface area contributed by atoms with Crippen LogP contribution in [0.2, 0.25) is 0 Å². The van der Waals surface area contributed by atoms with Gasteiger partial charge < -0.3 is 10.4 Å². The van der Waals surface area contributed by atoms with Gasteiger partial charge in [-0.2, -0.15) is 25.3 Å². The third-order valence-corrected chi connectivity index (χ3v) is 2.52. The number of carbonyl (C=O) groups excluding carboxylic acids is 1. The summed E-state index contributed by atoms with van der Waals surface area (Å²) >= 11 is 7.89. The van der Waals surface area contributed by atoms with Gasteiger partial charge in [0.05, 0.1) is 5.25 Å². The van der Waals surface area contributed by atoms with Gasteiger partial charge in [0.2, 0.25) is 5.91 Å². The van der Waals surface area contributed by atoms with Gasteiger partial charge in [0.25, 0.3) is 0 Å². The predicted octanol–water partition coefficient (Wildman–Crippen LogP) is 0.584. The molecule has 0 aromatic heterocycles. The fourth-order valence-corrected chi connectivity index (χ4v) is 1.44. The third-order valence-electron chi connectivity index (χ3n) is 1.66. The standard InChI is InChI=1S/C8H15NO3S2/c1-2-3-6(14)7(10)9-5(4-13)8(11)12/h5-6,13-14H,2-4H2,1H3,(H,9,10)(H,11,12)/t5-,6?/m0/s1. The highest BCUT2D eigenvalue weighted by Gasteiger charge is 2.21. The van der Waals surface area contributed by atoms with Crippen LogP contribution in [0.5, 0.6) is 0 Å². The third kappa shape index (κ3) is 4.76. The Kier molecular flexibility index (Phi) is 6.82. The molecule has 0 aliphatic heterocycles. The summed E-state index contributed by atoms with van der Waals surface area (Å²) in [7, 11) is 0. The highest BCUT2D eigenvalue weighted by Crippen LogP contribution is 2.04. The van der Waals surface area contributed by atoms with E-state index in [4.69, 9.17) is 5.11 Å². The second-order valence-electron chi connectivity index (χ2n) is 2.89. The van der Waals surface area contributed by atoms with Gasteiger partial charge in [-0.1, -0.05) is 13.3 Å². The van der Waals surface area contributed by atoms with Gasteiger partial charge in [-0.15, -0.1) is 0 Å². The Morgan fingerprint density at radius 2 is 2.07 bits per heavy atom. The van der Waals surface area contributed by atoms with Crippen LogP contribution in [0, 0.1) is 0 Å². The first-order valence-corrected chi connectivity index (χ1v) is 5.49. The molecule has 0 radical (unpaired) electrons. The SMILES string of the molecule is CCCC(S)C(=O)N[C@@H](CS)C(=O)O. The van der Waals surface area contributed by atoms with E-state index in [0.29, 0.717) is 6.42 Å². The van der Waals surface area contributed by atoms with Crippen molar-refractivity contribution in [1.82, 2.24) is 5.32 Å². The normalized spacial score (nSPS) is 14.5. The van der Waals surface area contributed by atoms with Gasteiger partial charge in [0, 0.05) is 5.75 Å². The molecule has 4 nitrogen and oxygen atoms in total. The molecule has 0 aliphatic rings. The van der Waals surface area contributed by atoms with Gasteiger partial charge in [0.1, 0.15) is 6.04 Å². The van der Waals surface area contributed by atoms with Crippen molar-refractivity contribution in [2.75, 3.05) is 5.75 Å². The van der Waals surface area contributed by atoms with E-state index in [0.717, 1.165) is 6.42 Å². The Morgan fingerprint density at radius 1 is 1.50 bits per heavy atom. The molecule has 0 saturated heterocycles. The number of amides is 1. The van der Waals surface area contributed by atoms with E-state index in [1.54, 1.807) is 0 Å².